The summed E-state index contributed by atoms with van der Waals surface area (Å²) in [6.45, 7) is 2.22. The standard InChI is InChI=1S/C49H32N2O/c1-31-27-32(35-22-26-49-42(30-35)39-15-7-10-18-48(39)52-49)19-23-43(31)51-45-17-9-6-14-38(45)41-29-34(21-25-47(41)51)33-20-24-46-40(28-33)37-13-5-8-16-44(37)50(46)36-11-3-2-4-12-36/h2-30H,1H3. The second-order valence-corrected chi connectivity index (χ2v) is 13.8. The average molecular weight is 665 g/mol. The van der Waals surface area contributed by atoms with Gasteiger partial charge in [0, 0.05) is 43.7 Å². The lowest BCUT2D eigenvalue weighted by Crippen LogP contribution is -1.97. The van der Waals surface area contributed by atoms with Gasteiger partial charge in [0.1, 0.15) is 11.2 Å². The highest BCUT2D eigenvalue weighted by molar-refractivity contribution is 6.13. The van der Waals surface area contributed by atoms with E-state index < -0.39 is 0 Å². The first-order valence-corrected chi connectivity index (χ1v) is 17.8. The van der Waals surface area contributed by atoms with Gasteiger partial charge in [-0.15, -0.1) is 0 Å². The molecule has 3 heteroatoms. The molecule has 3 heterocycles. The Balaban J connectivity index is 1.04. The smallest absolute Gasteiger partial charge is 0.135 e. The molecule has 0 bridgehead atoms. The van der Waals surface area contributed by atoms with E-state index in [9.17, 15) is 0 Å². The van der Waals surface area contributed by atoms with Gasteiger partial charge in [-0.25, -0.2) is 0 Å². The van der Waals surface area contributed by atoms with Crippen LogP contribution in [-0.4, -0.2) is 9.13 Å². The molecule has 0 aliphatic rings. The molecule has 0 atom stereocenters. The molecule has 0 aliphatic heterocycles. The van der Waals surface area contributed by atoms with Gasteiger partial charge in [0.05, 0.1) is 22.1 Å². The topological polar surface area (TPSA) is 23.0 Å². The molecule has 0 amide bonds. The molecule has 0 aliphatic carbocycles. The van der Waals surface area contributed by atoms with Crippen LogP contribution in [0.5, 0.6) is 0 Å². The second kappa shape index (κ2) is 11.1. The number of nitrogens with zero attached hydrogens (tertiary/aromatic N) is 2. The van der Waals surface area contributed by atoms with Crippen LogP contribution >= 0.6 is 0 Å². The van der Waals surface area contributed by atoms with Crippen molar-refractivity contribution in [2.45, 2.75) is 6.92 Å². The fourth-order valence-corrected chi connectivity index (χ4v) is 8.41. The van der Waals surface area contributed by atoms with Crippen LogP contribution in [0.4, 0.5) is 0 Å². The molecule has 244 valence electrons. The summed E-state index contributed by atoms with van der Waals surface area (Å²) in [5, 5.41) is 7.32. The van der Waals surface area contributed by atoms with Crippen LogP contribution in [0.15, 0.2) is 180 Å². The molecule has 11 rings (SSSR count). The first-order valence-electron chi connectivity index (χ1n) is 17.8. The lowest BCUT2D eigenvalue weighted by Gasteiger charge is -2.13. The maximum Gasteiger partial charge on any atom is 0.135 e. The van der Waals surface area contributed by atoms with Crippen molar-refractivity contribution in [3.05, 3.63) is 181 Å². The number of para-hydroxylation sites is 4. The van der Waals surface area contributed by atoms with Crippen LogP contribution in [-0.2, 0) is 0 Å². The molecule has 3 nitrogen and oxygen atoms in total. The van der Waals surface area contributed by atoms with Crippen molar-refractivity contribution in [2.75, 3.05) is 0 Å². The highest BCUT2D eigenvalue weighted by Gasteiger charge is 2.17. The lowest BCUT2D eigenvalue weighted by atomic mass is 10.00. The van der Waals surface area contributed by atoms with Crippen LogP contribution in [0.1, 0.15) is 5.56 Å². The Morgan fingerprint density at radius 2 is 0.827 bits per heavy atom. The zero-order chi connectivity index (χ0) is 34.3. The summed E-state index contributed by atoms with van der Waals surface area (Å²) in [5.74, 6) is 0. The molecular weight excluding hydrogens is 633 g/mol. The molecule has 52 heavy (non-hydrogen) atoms. The molecule has 3 aromatic heterocycles. The third-order valence-corrected chi connectivity index (χ3v) is 10.8. The molecule has 0 saturated heterocycles. The Morgan fingerprint density at radius 3 is 1.52 bits per heavy atom. The van der Waals surface area contributed by atoms with Crippen molar-refractivity contribution in [1.82, 2.24) is 9.13 Å². The quantitative estimate of drug-likeness (QED) is 0.184. The van der Waals surface area contributed by atoms with Crippen LogP contribution in [0.2, 0.25) is 0 Å². The lowest BCUT2D eigenvalue weighted by molar-refractivity contribution is 0.669. The van der Waals surface area contributed by atoms with Gasteiger partial charge >= 0.3 is 0 Å². The summed E-state index contributed by atoms with van der Waals surface area (Å²) in [6, 6.07) is 63.7. The van der Waals surface area contributed by atoms with E-state index in [1.807, 2.05) is 12.1 Å². The summed E-state index contributed by atoms with van der Waals surface area (Å²) in [4.78, 5) is 0. The molecular formula is C49H32N2O. The van der Waals surface area contributed by atoms with Gasteiger partial charge in [-0.05, 0) is 114 Å². The highest BCUT2D eigenvalue weighted by atomic mass is 16.3. The Labute approximate surface area is 300 Å². The average Bonchev–Trinajstić information content (AvgIpc) is 3.85. The van der Waals surface area contributed by atoms with E-state index in [1.165, 1.54) is 82.8 Å². The van der Waals surface area contributed by atoms with Gasteiger partial charge in [0.2, 0.25) is 0 Å². The van der Waals surface area contributed by atoms with Crippen molar-refractivity contribution in [1.29, 1.82) is 0 Å². The first-order chi connectivity index (χ1) is 25.7. The zero-order valence-electron chi connectivity index (χ0n) is 28.5. The highest BCUT2D eigenvalue weighted by Crippen LogP contribution is 2.39. The number of aryl methyl sites for hydroxylation is 1. The van der Waals surface area contributed by atoms with Crippen molar-refractivity contribution in [3.8, 4) is 33.6 Å². The van der Waals surface area contributed by atoms with Gasteiger partial charge in [-0.1, -0.05) is 97.1 Å². The summed E-state index contributed by atoms with van der Waals surface area (Å²) in [7, 11) is 0. The summed E-state index contributed by atoms with van der Waals surface area (Å²) in [5.41, 5.74) is 15.1. The van der Waals surface area contributed by atoms with Gasteiger partial charge in [-0.2, -0.15) is 0 Å². The van der Waals surface area contributed by atoms with Crippen molar-refractivity contribution < 1.29 is 4.42 Å². The second-order valence-electron chi connectivity index (χ2n) is 13.8. The van der Waals surface area contributed by atoms with Crippen LogP contribution in [0.25, 0.3) is 99.2 Å². The van der Waals surface area contributed by atoms with Crippen LogP contribution < -0.4 is 0 Å². The fraction of sp³-hybridized carbons (Fsp3) is 0.0204. The number of fused-ring (bicyclic) bond motifs is 9. The Bertz CT molecular complexity index is 3190. The van der Waals surface area contributed by atoms with Gasteiger partial charge in [-0.3, -0.25) is 0 Å². The molecule has 0 N–H and O–H groups in total. The molecule has 0 radical (unpaired) electrons. The number of hydrogen-bond donors (Lipinski definition) is 0. The van der Waals surface area contributed by atoms with E-state index >= 15 is 0 Å². The summed E-state index contributed by atoms with van der Waals surface area (Å²) < 4.78 is 10.9. The minimum atomic E-state index is 0.918. The number of rotatable bonds is 4. The van der Waals surface area contributed by atoms with Gasteiger partial charge in [0.25, 0.3) is 0 Å². The summed E-state index contributed by atoms with van der Waals surface area (Å²) >= 11 is 0. The third kappa shape index (κ3) is 4.26. The maximum absolute atomic E-state index is 6.10. The predicted octanol–water partition coefficient (Wildman–Crippen LogP) is 13.4. The number of furan rings is 1. The van der Waals surface area contributed by atoms with Crippen molar-refractivity contribution >= 4 is 65.6 Å². The maximum atomic E-state index is 6.10. The van der Waals surface area contributed by atoms with Crippen molar-refractivity contribution in [3.63, 3.8) is 0 Å². The first kappa shape index (κ1) is 28.9. The molecule has 0 saturated carbocycles. The molecule has 0 fully saturated rings. The van der Waals surface area contributed by atoms with Crippen LogP contribution in [0, 0.1) is 6.92 Å². The summed E-state index contributed by atoms with van der Waals surface area (Å²) in [6.07, 6.45) is 0. The Hall–Kier alpha value is -6.84. The molecule has 0 unspecified atom stereocenters. The monoisotopic (exact) mass is 664 g/mol. The largest absolute Gasteiger partial charge is 0.456 e. The third-order valence-electron chi connectivity index (χ3n) is 10.8. The van der Waals surface area contributed by atoms with E-state index in [2.05, 4.69) is 180 Å². The minimum Gasteiger partial charge on any atom is -0.456 e. The minimum absolute atomic E-state index is 0.918. The van der Waals surface area contributed by atoms with E-state index in [1.54, 1.807) is 0 Å². The van der Waals surface area contributed by atoms with Crippen LogP contribution in [0.3, 0.4) is 0 Å². The normalized spacial score (nSPS) is 11.9. The molecule has 8 aromatic carbocycles. The Kier molecular flexibility index (Phi) is 6.17. The van der Waals surface area contributed by atoms with Crippen molar-refractivity contribution in [2.24, 2.45) is 0 Å². The van der Waals surface area contributed by atoms with E-state index in [0.29, 0.717) is 0 Å². The van der Waals surface area contributed by atoms with Gasteiger partial charge in [0.15, 0.2) is 0 Å². The predicted molar refractivity (Wildman–Crippen MR) is 218 cm³/mol. The van der Waals surface area contributed by atoms with Gasteiger partial charge < -0.3 is 13.6 Å². The fourth-order valence-electron chi connectivity index (χ4n) is 8.41. The molecule has 0 spiro atoms. The van der Waals surface area contributed by atoms with E-state index in [-0.39, 0.29) is 0 Å². The van der Waals surface area contributed by atoms with E-state index in [0.717, 1.165) is 21.9 Å². The molecule has 11 aromatic rings. The van der Waals surface area contributed by atoms with E-state index in [4.69, 9.17) is 4.42 Å². The SMILES string of the molecule is Cc1cc(-c2ccc3oc4ccccc4c3c2)ccc1-n1c2ccccc2c2cc(-c3ccc4c(c3)c3ccccc3n4-c3ccccc3)ccc21. The number of benzene rings is 8. The number of hydrogen-bond acceptors (Lipinski definition) is 1. The number of aromatic nitrogens is 2. The Morgan fingerprint density at radius 1 is 0.346 bits per heavy atom. The zero-order valence-corrected chi connectivity index (χ0v) is 28.5.